The molecule has 1 heterocycles. The molecule has 1 aromatic rings. The van der Waals surface area contributed by atoms with Crippen LogP contribution in [0.4, 0.5) is 11.4 Å². The van der Waals surface area contributed by atoms with Crippen LogP contribution in [0.3, 0.4) is 0 Å². The molecule has 0 radical (unpaired) electrons. The van der Waals surface area contributed by atoms with Crippen LogP contribution in [0.25, 0.3) is 0 Å². The van der Waals surface area contributed by atoms with Crippen molar-refractivity contribution in [3.63, 3.8) is 0 Å². The number of nitrogen functional groups attached to an aromatic ring is 1. The average molecular weight is 205 g/mol. The maximum absolute atomic E-state index is 11.1. The summed E-state index contributed by atoms with van der Waals surface area (Å²) in [7, 11) is 0. The van der Waals surface area contributed by atoms with Gasteiger partial charge in [0.1, 0.15) is 6.04 Å². The molecule has 0 aliphatic carbocycles. The average Bonchev–Trinajstić information content (AvgIpc) is 2.08. The molecule has 4 N–H and O–H groups in total. The normalized spacial score (nSPS) is 19.8. The van der Waals surface area contributed by atoms with E-state index < -0.39 is 0 Å². The summed E-state index contributed by atoms with van der Waals surface area (Å²) >= 11 is 0. The van der Waals surface area contributed by atoms with Gasteiger partial charge in [0.2, 0.25) is 5.91 Å². The van der Waals surface area contributed by atoms with Gasteiger partial charge in [0.25, 0.3) is 0 Å². The quantitative estimate of drug-likeness (QED) is 0.696. The van der Waals surface area contributed by atoms with Crippen molar-refractivity contribution in [3.05, 3.63) is 23.8 Å². The third-order valence-electron chi connectivity index (χ3n) is 2.84. The van der Waals surface area contributed by atoms with Gasteiger partial charge in [0.15, 0.2) is 0 Å². The van der Waals surface area contributed by atoms with Gasteiger partial charge >= 0.3 is 0 Å². The number of carbonyl (C=O) groups excluding carboxylic acids is 1. The molecule has 1 saturated heterocycles. The Balaban J connectivity index is 2.30. The van der Waals surface area contributed by atoms with Crippen molar-refractivity contribution >= 4 is 17.3 Å². The highest BCUT2D eigenvalue weighted by atomic mass is 16.1. The van der Waals surface area contributed by atoms with Crippen molar-refractivity contribution < 1.29 is 4.79 Å². The highest BCUT2D eigenvalue weighted by molar-refractivity contribution is 5.87. The smallest absolute Gasteiger partial charge is 0.240 e. The fourth-order valence-electron chi connectivity index (χ4n) is 1.87. The van der Waals surface area contributed by atoms with Gasteiger partial charge in [-0.1, -0.05) is 6.07 Å². The van der Waals surface area contributed by atoms with Gasteiger partial charge in [0, 0.05) is 6.54 Å². The molecule has 4 nitrogen and oxygen atoms in total. The van der Waals surface area contributed by atoms with Crippen molar-refractivity contribution in [3.8, 4) is 0 Å². The molecule has 15 heavy (non-hydrogen) atoms. The van der Waals surface area contributed by atoms with E-state index in [9.17, 15) is 4.79 Å². The topological polar surface area (TPSA) is 72.3 Å². The second-order valence-corrected chi connectivity index (χ2v) is 3.96. The fraction of sp³-hybridized carbons (Fsp3) is 0.364. The number of rotatable bonds is 2. The van der Waals surface area contributed by atoms with Crippen LogP contribution in [-0.4, -0.2) is 18.5 Å². The zero-order valence-electron chi connectivity index (χ0n) is 8.73. The summed E-state index contributed by atoms with van der Waals surface area (Å²) in [5.74, 6) is -0.276. The van der Waals surface area contributed by atoms with Gasteiger partial charge in [-0.25, -0.2) is 0 Å². The van der Waals surface area contributed by atoms with Crippen LogP contribution < -0.4 is 16.4 Å². The summed E-state index contributed by atoms with van der Waals surface area (Å²) in [6.07, 6.45) is 0.822. The predicted molar refractivity (Wildman–Crippen MR) is 60.5 cm³/mol. The first-order chi connectivity index (χ1) is 7.09. The standard InChI is InChI=1S/C11H15N3O/c1-7-2-3-8(12)10(6-7)14-5-4-9(14)11(13)15/h2-3,6,9H,4-5,12H2,1H3,(H2,13,15). The first-order valence-corrected chi connectivity index (χ1v) is 5.01. The number of nitrogens with zero attached hydrogens (tertiary/aromatic N) is 1. The number of nitrogens with two attached hydrogens (primary N) is 2. The second-order valence-electron chi connectivity index (χ2n) is 3.96. The molecule has 0 saturated carbocycles. The molecule has 1 fully saturated rings. The van der Waals surface area contributed by atoms with E-state index in [4.69, 9.17) is 11.5 Å². The monoisotopic (exact) mass is 205 g/mol. The molecule has 2 rings (SSSR count). The van der Waals surface area contributed by atoms with Gasteiger partial charge in [0.05, 0.1) is 11.4 Å². The maximum Gasteiger partial charge on any atom is 0.240 e. The van der Waals surface area contributed by atoms with Crippen LogP contribution in [0.2, 0.25) is 0 Å². The summed E-state index contributed by atoms with van der Waals surface area (Å²) in [5.41, 5.74) is 13.9. The van der Waals surface area contributed by atoms with Gasteiger partial charge in [-0.15, -0.1) is 0 Å². The Labute approximate surface area is 88.9 Å². The van der Waals surface area contributed by atoms with E-state index in [2.05, 4.69) is 0 Å². The summed E-state index contributed by atoms with van der Waals surface area (Å²) < 4.78 is 0. The van der Waals surface area contributed by atoms with E-state index >= 15 is 0 Å². The van der Waals surface area contributed by atoms with Crippen LogP contribution in [-0.2, 0) is 4.79 Å². The summed E-state index contributed by atoms with van der Waals surface area (Å²) in [6.45, 7) is 2.85. The second kappa shape index (κ2) is 3.46. The largest absolute Gasteiger partial charge is 0.397 e. The molecule has 0 bridgehead atoms. The number of aryl methyl sites for hydroxylation is 1. The molecule has 0 spiro atoms. The Morgan fingerprint density at radius 3 is 2.80 bits per heavy atom. The molecule has 1 unspecified atom stereocenters. The molecule has 1 aromatic carbocycles. The number of hydrogen-bond acceptors (Lipinski definition) is 3. The van der Waals surface area contributed by atoms with Crippen LogP contribution in [0.1, 0.15) is 12.0 Å². The van der Waals surface area contributed by atoms with E-state index in [-0.39, 0.29) is 11.9 Å². The number of amides is 1. The zero-order valence-corrected chi connectivity index (χ0v) is 8.73. The predicted octanol–water partition coefficient (Wildman–Crippen LogP) is 0.641. The molecular formula is C11H15N3O. The Kier molecular flexibility index (Phi) is 2.26. The lowest BCUT2D eigenvalue weighted by Crippen LogP contribution is -2.55. The van der Waals surface area contributed by atoms with Gasteiger partial charge < -0.3 is 16.4 Å². The van der Waals surface area contributed by atoms with Gasteiger partial charge in [-0.2, -0.15) is 0 Å². The number of benzene rings is 1. The van der Waals surface area contributed by atoms with Crippen LogP contribution in [0.15, 0.2) is 18.2 Å². The summed E-state index contributed by atoms with van der Waals surface area (Å²) in [4.78, 5) is 13.1. The van der Waals surface area contributed by atoms with Crippen LogP contribution in [0.5, 0.6) is 0 Å². The number of carbonyl (C=O) groups is 1. The van der Waals surface area contributed by atoms with E-state index in [0.29, 0.717) is 5.69 Å². The lowest BCUT2D eigenvalue weighted by molar-refractivity contribution is -0.120. The lowest BCUT2D eigenvalue weighted by Gasteiger charge is -2.41. The molecule has 0 aromatic heterocycles. The molecular weight excluding hydrogens is 190 g/mol. The SMILES string of the molecule is Cc1ccc(N)c(N2CCC2C(N)=O)c1. The molecule has 80 valence electrons. The molecule has 1 aliphatic heterocycles. The van der Waals surface area contributed by atoms with E-state index in [1.807, 2.05) is 30.0 Å². The Hall–Kier alpha value is -1.71. The van der Waals surface area contributed by atoms with Crippen molar-refractivity contribution in [2.45, 2.75) is 19.4 Å². The third kappa shape index (κ3) is 1.63. The molecule has 1 amide bonds. The third-order valence-corrected chi connectivity index (χ3v) is 2.84. The summed E-state index contributed by atoms with van der Waals surface area (Å²) in [6, 6.07) is 5.62. The Morgan fingerprint density at radius 1 is 1.53 bits per heavy atom. The van der Waals surface area contributed by atoms with Gasteiger partial charge in [-0.05, 0) is 31.0 Å². The van der Waals surface area contributed by atoms with E-state index in [0.717, 1.165) is 24.2 Å². The minimum absolute atomic E-state index is 0.186. The van der Waals surface area contributed by atoms with Crippen molar-refractivity contribution in [1.82, 2.24) is 0 Å². The minimum Gasteiger partial charge on any atom is -0.397 e. The van der Waals surface area contributed by atoms with Crippen molar-refractivity contribution in [2.75, 3.05) is 17.2 Å². The van der Waals surface area contributed by atoms with Crippen LogP contribution >= 0.6 is 0 Å². The Morgan fingerprint density at radius 2 is 2.27 bits per heavy atom. The van der Waals surface area contributed by atoms with Crippen molar-refractivity contribution in [1.29, 1.82) is 0 Å². The van der Waals surface area contributed by atoms with E-state index in [1.54, 1.807) is 0 Å². The first-order valence-electron chi connectivity index (χ1n) is 5.01. The number of anilines is 2. The minimum atomic E-state index is -0.276. The highest BCUT2D eigenvalue weighted by Gasteiger charge is 2.33. The number of hydrogen-bond donors (Lipinski definition) is 2. The Bertz CT molecular complexity index is 403. The number of primary amides is 1. The highest BCUT2D eigenvalue weighted by Crippen LogP contribution is 2.31. The van der Waals surface area contributed by atoms with Crippen LogP contribution in [0, 0.1) is 6.92 Å². The zero-order chi connectivity index (χ0) is 11.0. The maximum atomic E-state index is 11.1. The molecule has 4 heteroatoms. The molecule has 1 aliphatic rings. The van der Waals surface area contributed by atoms with Gasteiger partial charge in [-0.3, -0.25) is 4.79 Å². The fourth-order valence-corrected chi connectivity index (χ4v) is 1.87. The summed E-state index contributed by atoms with van der Waals surface area (Å²) in [5, 5.41) is 0. The van der Waals surface area contributed by atoms with E-state index in [1.165, 1.54) is 0 Å². The van der Waals surface area contributed by atoms with Crippen molar-refractivity contribution in [2.24, 2.45) is 5.73 Å². The first kappa shape index (κ1) is 9.83. The molecule has 1 atom stereocenters. The lowest BCUT2D eigenvalue weighted by atomic mass is 10.00.